The fourth-order valence-electron chi connectivity index (χ4n) is 5.16. The lowest BCUT2D eigenvalue weighted by Gasteiger charge is -2.42. The van der Waals surface area contributed by atoms with E-state index in [4.69, 9.17) is 0 Å². The molecule has 2 aromatic heterocycles. The summed E-state index contributed by atoms with van der Waals surface area (Å²) in [5.74, 6) is -103. The maximum Gasteiger partial charge on any atom is 0.471 e. The third-order valence-corrected chi connectivity index (χ3v) is 9.04. The van der Waals surface area contributed by atoms with E-state index in [1.54, 1.807) is 0 Å². The van der Waals surface area contributed by atoms with E-state index in [0.29, 0.717) is 30.6 Å². The van der Waals surface area contributed by atoms with Gasteiger partial charge in [0, 0.05) is 18.0 Å². The lowest BCUT2D eigenvalue weighted by atomic mass is 9.88. The molecule has 68 heavy (non-hydrogen) atoms. The molecule has 1 aromatic carbocycles. The van der Waals surface area contributed by atoms with Crippen LogP contribution in [0, 0.1) is 0 Å². The summed E-state index contributed by atoms with van der Waals surface area (Å²) < 4.78 is 444. The number of rotatable bonds is 15. The number of nitrogens with zero attached hydrogens (tertiary/aromatic N) is 3. The molecule has 0 aliphatic carbocycles. The van der Waals surface area contributed by atoms with Crippen molar-refractivity contribution in [2.45, 2.75) is 95.6 Å². The van der Waals surface area contributed by atoms with Gasteiger partial charge in [0.15, 0.2) is 11.5 Å². The van der Waals surface area contributed by atoms with Gasteiger partial charge in [0.05, 0.1) is 0 Å². The third kappa shape index (κ3) is 7.46. The average Bonchev–Trinajstić information content (AvgIpc) is 3.46. The number of fused-ring (bicyclic) bond motifs is 1. The van der Waals surface area contributed by atoms with Crippen LogP contribution >= 0.6 is 0 Å². The first-order chi connectivity index (χ1) is 29.8. The monoisotopic (exact) mass is 1060 g/mol. The Morgan fingerprint density at radius 2 is 0.794 bits per heavy atom. The quantitative estimate of drug-likeness (QED) is 0.142. The van der Waals surface area contributed by atoms with Crippen molar-refractivity contribution < 1.29 is 150 Å². The van der Waals surface area contributed by atoms with Gasteiger partial charge in [-0.15, -0.1) is 0 Å². The Labute approximate surface area is 350 Å². The molecule has 384 valence electrons. The third-order valence-electron chi connectivity index (χ3n) is 9.04. The van der Waals surface area contributed by atoms with Gasteiger partial charge in [-0.1, -0.05) is 12.1 Å². The molecule has 0 fully saturated rings. The molecular formula is C31H9F32N3O2. The molecule has 0 saturated carbocycles. The van der Waals surface area contributed by atoms with Crippen LogP contribution in [0.15, 0.2) is 48.8 Å². The number of ether oxygens (including phenoxy) is 2. The molecule has 1 aliphatic rings. The summed E-state index contributed by atoms with van der Waals surface area (Å²) >= 11 is 0. The van der Waals surface area contributed by atoms with Gasteiger partial charge in [0.1, 0.15) is 17.2 Å². The van der Waals surface area contributed by atoms with Crippen molar-refractivity contribution in [2.75, 3.05) is 0 Å². The highest BCUT2D eigenvalue weighted by Gasteiger charge is 2.96. The van der Waals surface area contributed by atoms with Gasteiger partial charge in [-0.2, -0.15) is 140 Å². The number of halogens is 32. The van der Waals surface area contributed by atoms with E-state index in [-0.39, 0.29) is 18.2 Å². The highest BCUT2D eigenvalue weighted by Crippen LogP contribution is 2.66. The number of aromatic nitrogens is 3. The lowest BCUT2D eigenvalue weighted by Crippen LogP contribution is -2.74. The largest absolute Gasteiger partial charge is 0.475 e. The second kappa shape index (κ2) is 15.4. The first-order valence-electron chi connectivity index (χ1n) is 16.2. The van der Waals surface area contributed by atoms with Crippen LogP contribution < -0.4 is 9.47 Å². The number of pyridine rings is 1. The predicted octanol–water partition coefficient (Wildman–Crippen LogP) is 13.1. The lowest BCUT2D eigenvalue weighted by molar-refractivity contribution is -0.465. The number of hydrogen-bond donors (Lipinski definition) is 0. The molecule has 0 N–H and O–H groups in total. The molecule has 5 nitrogen and oxygen atoms in total. The molecular weight excluding hydrogens is 1050 g/mol. The zero-order valence-corrected chi connectivity index (χ0v) is 30.4. The van der Waals surface area contributed by atoms with Crippen molar-refractivity contribution in [3.8, 4) is 34.1 Å². The Kier molecular flexibility index (Phi) is 12.6. The van der Waals surface area contributed by atoms with Crippen molar-refractivity contribution in [3.05, 3.63) is 54.5 Å². The van der Waals surface area contributed by atoms with E-state index >= 15 is 8.78 Å². The molecule has 0 bridgehead atoms. The summed E-state index contributed by atoms with van der Waals surface area (Å²) in [6.07, 6.45) is -27.2. The smallest absolute Gasteiger partial charge is 0.471 e. The standard InChI is InChI=1S/C31H9F32N3O2/c32-17(33)14-13(67-16(17)18(34,35)19(36,37)20(38,39)21(40,41)23(44,45)26(50,51)29(56,57)58)6-5-12(66-14)15-64-7-10(8-65-15)9-1-3-11(4-2-9)68-31(62,63)28(54,55)25(48,49)22(42,43)24(46,47)27(52,53)30(59,60)61/h1-8,16H. The van der Waals surface area contributed by atoms with Gasteiger partial charge >= 0.3 is 89.5 Å². The Morgan fingerprint density at radius 3 is 1.19 bits per heavy atom. The van der Waals surface area contributed by atoms with Crippen LogP contribution in [-0.2, 0) is 5.92 Å². The number of benzene rings is 1. The molecule has 0 spiro atoms. The van der Waals surface area contributed by atoms with Crippen molar-refractivity contribution in [1.29, 1.82) is 0 Å². The van der Waals surface area contributed by atoms with Crippen molar-refractivity contribution in [1.82, 2.24) is 15.0 Å². The second-order valence-corrected chi connectivity index (χ2v) is 13.5. The molecule has 0 radical (unpaired) electrons. The van der Waals surface area contributed by atoms with Crippen LogP contribution in [0.1, 0.15) is 5.69 Å². The average molecular weight is 1060 g/mol. The van der Waals surface area contributed by atoms with Crippen LogP contribution in [0.4, 0.5) is 140 Å². The molecule has 37 heteroatoms. The normalized spacial score (nSPS) is 17.8. The molecule has 3 heterocycles. The van der Waals surface area contributed by atoms with Crippen LogP contribution in [0.3, 0.4) is 0 Å². The SMILES string of the molecule is FC1(F)c2nc(-c3ncc(-c4ccc(OC(F)(F)C(F)(F)C(F)(F)C(F)(F)C(F)(F)C(F)(F)C(F)(F)F)cc4)cn3)ccc2OC1C(F)(F)C(F)(F)C(F)(F)C(F)(F)C(F)(F)C(F)(F)C(F)(F)F. The van der Waals surface area contributed by atoms with Gasteiger partial charge in [0.2, 0.25) is 6.10 Å². The molecule has 0 amide bonds. The maximum absolute atomic E-state index is 15.2. The molecule has 4 rings (SSSR count). The number of hydrogen-bond acceptors (Lipinski definition) is 5. The second-order valence-electron chi connectivity index (χ2n) is 13.5. The zero-order valence-electron chi connectivity index (χ0n) is 30.4. The van der Waals surface area contributed by atoms with Crippen molar-refractivity contribution in [3.63, 3.8) is 0 Å². The van der Waals surface area contributed by atoms with Crippen LogP contribution in [0.5, 0.6) is 11.5 Å². The number of alkyl halides is 32. The van der Waals surface area contributed by atoms with E-state index in [0.717, 1.165) is 0 Å². The first-order valence-corrected chi connectivity index (χ1v) is 16.2. The highest BCUT2D eigenvalue weighted by atomic mass is 19.4. The Balaban J connectivity index is 1.59. The van der Waals surface area contributed by atoms with Gasteiger partial charge in [0.25, 0.3) is 0 Å². The fourth-order valence-corrected chi connectivity index (χ4v) is 5.16. The minimum Gasteiger partial charge on any atom is -0.475 e. The van der Waals surface area contributed by atoms with E-state index < -0.39 is 135 Å². The van der Waals surface area contributed by atoms with E-state index in [1.807, 2.05) is 0 Å². The minimum atomic E-state index is -8.84. The molecule has 0 saturated heterocycles. The maximum atomic E-state index is 15.2. The summed E-state index contributed by atoms with van der Waals surface area (Å²) in [7, 11) is 0. The molecule has 1 aliphatic heterocycles. The van der Waals surface area contributed by atoms with Gasteiger partial charge in [-0.3, -0.25) is 0 Å². The van der Waals surface area contributed by atoms with E-state index in [9.17, 15) is 132 Å². The summed E-state index contributed by atoms with van der Waals surface area (Å²) in [4.78, 5) is 9.79. The Bertz CT molecular complexity index is 2340. The Morgan fingerprint density at radius 1 is 0.426 bits per heavy atom. The van der Waals surface area contributed by atoms with Crippen molar-refractivity contribution >= 4 is 0 Å². The fraction of sp³-hybridized carbons (Fsp3) is 0.516. The Hall–Kier alpha value is -5.19. The van der Waals surface area contributed by atoms with Gasteiger partial charge < -0.3 is 9.47 Å². The minimum absolute atomic E-state index is 0.0239. The van der Waals surface area contributed by atoms with Gasteiger partial charge in [-0.05, 0) is 29.8 Å². The summed E-state index contributed by atoms with van der Waals surface area (Å²) in [5, 5.41) is 0. The predicted molar refractivity (Wildman–Crippen MR) is 151 cm³/mol. The van der Waals surface area contributed by atoms with E-state index in [2.05, 4.69) is 24.4 Å². The highest BCUT2D eigenvalue weighted by molar-refractivity contribution is 5.64. The topological polar surface area (TPSA) is 57.1 Å². The van der Waals surface area contributed by atoms with Crippen LogP contribution in [-0.4, -0.2) is 105 Å². The van der Waals surface area contributed by atoms with E-state index in [1.165, 1.54) is 0 Å². The van der Waals surface area contributed by atoms with Crippen LogP contribution in [0.2, 0.25) is 0 Å². The molecule has 1 atom stereocenters. The van der Waals surface area contributed by atoms with Crippen molar-refractivity contribution in [2.24, 2.45) is 0 Å². The molecule has 3 aromatic rings. The zero-order chi connectivity index (χ0) is 53.3. The van der Waals surface area contributed by atoms with Crippen LogP contribution in [0.25, 0.3) is 22.6 Å². The summed E-state index contributed by atoms with van der Waals surface area (Å²) in [6.45, 7) is 0. The first kappa shape index (κ1) is 55.4. The summed E-state index contributed by atoms with van der Waals surface area (Å²) in [5.41, 5.74) is -4.45. The molecule has 1 unspecified atom stereocenters. The van der Waals surface area contributed by atoms with Gasteiger partial charge in [-0.25, -0.2) is 15.0 Å². The summed E-state index contributed by atoms with van der Waals surface area (Å²) in [6, 6.07) is 1.20.